The van der Waals surface area contributed by atoms with Crippen molar-refractivity contribution in [1.82, 2.24) is 5.32 Å². The number of azo groups is 1. The first-order chi connectivity index (χ1) is 13.0. The number of hydrogen-bond donors (Lipinski definition) is 1. The average molecular weight is 364 g/mol. The molecule has 0 aliphatic carbocycles. The van der Waals surface area contributed by atoms with Crippen LogP contribution < -0.4 is 15.2 Å². The number of nitrogens with zero attached hydrogens (tertiary/aromatic N) is 5. The monoisotopic (exact) mass is 364 g/mol. The van der Waals surface area contributed by atoms with Gasteiger partial charge in [-0.25, -0.2) is 0 Å². The number of anilines is 2. The van der Waals surface area contributed by atoms with Crippen LogP contribution in [0.1, 0.15) is 6.92 Å². The van der Waals surface area contributed by atoms with Gasteiger partial charge in [-0.2, -0.15) is 15.2 Å². The quantitative estimate of drug-likeness (QED) is 0.846. The number of amidine groups is 1. The molecule has 0 spiro atoms. The van der Waals surface area contributed by atoms with Crippen LogP contribution in [-0.4, -0.2) is 37.8 Å². The third-order valence-corrected chi connectivity index (χ3v) is 3.86. The van der Waals surface area contributed by atoms with E-state index in [1.54, 1.807) is 24.3 Å². The first kappa shape index (κ1) is 18.2. The minimum Gasteiger partial charge on any atom is -0.376 e. The van der Waals surface area contributed by atoms with Gasteiger partial charge in [0.2, 0.25) is 11.9 Å². The van der Waals surface area contributed by atoms with E-state index >= 15 is 0 Å². The normalized spacial score (nSPS) is 16.6. The fourth-order valence-corrected chi connectivity index (χ4v) is 2.62. The maximum atomic E-state index is 12.8. The molecule has 0 radical (unpaired) electrons. The lowest BCUT2D eigenvalue weighted by Gasteiger charge is -2.14. The molecule has 1 atom stereocenters. The molecule has 2 aromatic carbocycles. The summed E-state index contributed by atoms with van der Waals surface area (Å²) in [4.78, 5) is 26.3. The van der Waals surface area contributed by atoms with E-state index in [0.29, 0.717) is 11.4 Å². The number of carbonyl (C=O) groups is 2. The van der Waals surface area contributed by atoms with Gasteiger partial charge < -0.3 is 10.2 Å². The molecule has 0 aromatic heterocycles. The Morgan fingerprint density at radius 2 is 1.78 bits per heavy atom. The summed E-state index contributed by atoms with van der Waals surface area (Å²) in [5, 5.41) is 16.5. The van der Waals surface area contributed by atoms with E-state index in [0.717, 1.165) is 5.69 Å². The zero-order valence-electron chi connectivity index (χ0n) is 15.3. The van der Waals surface area contributed by atoms with Gasteiger partial charge in [-0.15, -0.1) is 5.10 Å². The Hall–Kier alpha value is -3.55. The van der Waals surface area contributed by atoms with Gasteiger partial charge >= 0.3 is 0 Å². The Balaban J connectivity index is 1.93. The van der Waals surface area contributed by atoms with Crippen molar-refractivity contribution in [2.24, 2.45) is 15.3 Å². The fourth-order valence-electron chi connectivity index (χ4n) is 2.62. The first-order valence-corrected chi connectivity index (χ1v) is 8.39. The van der Waals surface area contributed by atoms with Crippen molar-refractivity contribution in [3.05, 3.63) is 54.6 Å². The minimum absolute atomic E-state index is 0.155. The van der Waals surface area contributed by atoms with E-state index in [2.05, 4.69) is 20.6 Å². The molecule has 1 N–H and O–H groups in total. The summed E-state index contributed by atoms with van der Waals surface area (Å²) < 4.78 is 0. The number of carbonyl (C=O) groups excluding carboxylic acids is 2. The van der Waals surface area contributed by atoms with Crippen molar-refractivity contribution < 1.29 is 9.59 Å². The minimum atomic E-state index is -1.01. The molecule has 27 heavy (non-hydrogen) atoms. The Morgan fingerprint density at radius 1 is 1.11 bits per heavy atom. The van der Waals surface area contributed by atoms with E-state index in [1.165, 1.54) is 11.9 Å². The van der Waals surface area contributed by atoms with E-state index < -0.39 is 6.04 Å². The van der Waals surface area contributed by atoms with Gasteiger partial charge in [0.25, 0.3) is 5.91 Å². The van der Waals surface area contributed by atoms with Crippen molar-refractivity contribution >= 4 is 34.7 Å². The standard InChI is InChI=1S/C19H20N6O2/c1-13(26)20-18-17(19(27)25(23-18)14-9-5-4-6-10-14)22-21-15-11-7-8-12-16(15)24(2)3/h4-12,17H,1-3H3,(H,20,23,26)/t17-/m1/s1. The molecular formula is C19H20N6O2. The zero-order valence-corrected chi connectivity index (χ0v) is 15.3. The molecule has 3 rings (SSSR count). The van der Waals surface area contributed by atoms with Crippen LogP contribution >= 0.6 is 0 Å². The van der Waals surface area contributed by atoms with Crippen LogP contribution in [0.2, 0.25) is 0 Å². The van der Waals surface area contributed by atoms with E-state index in [9.17, 15) is 9.59 Å². The number of nitrogens with one attached hydrogen (secondary N) is 1. The lowest BCUT2D eigenvalue weighted by atomic mass is 10.2. The van der Waals surface area contributed by atoms with Crippen LogP contribution in [0.5, 0.6) is 0 Å². The summed E-state index contributed by atoms with van der Waals surface area (Å²) in [7, 11) is 3.80. The van der Waals surface area contributed by atoms with Crippen LogP contribution in [0, 0.1) is 0 Å². The van der Waals surface area contributed by atoms with Crippen molar-refractivity contribution in [3.8, 4) is 0 Å². The molecular weight excluding hydrogens is 344 g/mol. The summed E-state index contributed by atoms with van der Waals surface area (Å²) in [6.07, 6.45) is 0. The van der Waals surface area contributed by atoms with Gasteiger partial charge in [0, 0.05) is 21.0 Å². The highest BCUT2D eigenvalue weighted by Crippen LogP contribution is 2.28. The zero-order chi connectivity index (χ0) is 19.4. The number of para-hydroxylation sites is 2. The topological polar surface area (TPSA) is 89.7 Å². The fraction of sp³-hybridized carbons (Fsp3) is 0.211. The van der Waals surface area contributed by atoms with Gasteiger partial charge in [0.1, 0.15) is 5.69 Å². The Bertz CT molecular complexity index is 907. The largest absolute Gasteiger partial charge is 0.376 e. The summed E-state index contributed by atoms with van der Waals surface area (Å²) in [6.45, 7) is 1.35. The molecule has 0 saturated heterocycles. The van der Waals surface area contributed by atoms with E-state index in [4.69, 9.17) is 0 Å². The smallest absolute Gasteiger partial charge is 0.282 e. The summed E-state index contributed by atoms with van der Waals surface area (Å²) in [5.41, 5.74) is 2.08. The average Bonchev–Trinajstić information content (AvgIpc) is 2.95. The van der Waals surface area contributed by atoms with Crippen LogP contribution in [0.4, 0.5) is 17.1 Å². The van der Waals surface area contributed by atoms with Gasteiger partial charge in [-0.1, -0.05) is 30.3 Å². The van der Waals surface area contributed by atoms with Crippen LogP contribution in [0.25, 0.3) is 0 Å². The van der Waals surface area contributed by atoms with Crippen molar-refractivity contribution in [3.63, 3.8) is 0 Å². The number of benzene rings is 2. The molecule has 2 aromatic rings. The number of hydrogen-bond acceptors (Lipinski definition) is 6. The molecule has 1 heterocycles. The van der Waals surface area contributed by atoms with E-state index in [-0.39, 0.29) is 17.6 Å². The maximum absolute atomic E-state index is 12.8. The molecule has 0 unspecified atom stereocenters. The van der Waals surface area contributed by atoms with Crippen LogP contribution in [0.15, 0.2) is 69.9 Å². The second kappa shape index (κ2) is 7.77. The maximum Gasteiger partial charge on any atom is 0.282 e. The molecule has 8 nitrogen and oxygen atoms in total. The lowest BCUT2D eigenvalue weighted by molar-refractivity contribution is -0.117. The highest BCUT2D eigenvalue weighted by atomic mass is 16.2. The number of hydrazone groups is 1. The van der Waals surface area contributed by atoms with Gasteiger partial charge in [0.05, 0.1) is 11.4 Å². The summed E-state index contributed by atoms with van der Waals surface area (Å²) in [6, 6.07) is 15.4. The molecule has 8 heteroatoms. The molecule has 2 amide bonds. The SMILES string of the molecule is CC(=O)NC1=NN(c2ccccc2)C(=O)[C@@H]1N=Nc1ccccc1N(C)C. The number of amides is 2. The Kier molecular flexibility index (Phi) is 5.25. The first-order valence-electron chi connectivity index (χ1n) is 8.39. The lowest BCUT2D eigenvalue weighted by Crippen LogP contribution is -2.38. The number of rotatable bonds is 4. The molecule has 1 aliphatic heterocycles. The van der Waals surface area contributed by atoms with Crippen LogP contribution in [0.3, 0.4) is 0 Å². The van der Waals surface area contributed by atoms with Gasteiger partial charge in [-0.3, -0.25) is 9.59 Å². The molecule has 1 aliphatic rings. The Labute approximate surface area is 157 Å². The third-order valence-electron chi connectivity index (χ3n) is 3.86. The van der Waals surface area contributed by atoms with Gasteiger partial charge in [-0.05, 0) is 24.3 Å². The van der Waals surface area contributed by atoms with Crippen molar-refractivity contribution in [1.29, 1.82) is 0 Å². The predicted octanol–water partition coefficient (Wildman–Crippen LogP) is 2.70. The predicted molar refractivity (Wildman–Crippen MR) is 104 cm³/mol. The Morgan fingerprint density at radius 3 is 2.44 bits per heavy atom. The molecule has 0 saturated carbocycles. The van der Waals surface area contributed by atoms with Crippen molar-refractivity contribution in [2.45, 2.75) is 13.0 Å². The summed E-state index contributed by atoms with van der Waals surface area (Å²) >= 11 is 0. The molecule has 0 fully saturated rings. The van der Waals surface area contributed by atoms with Crippen molar-refractivity contribution in [2.75, 3.05) is 24.0 Å². The van der Waals surface area contributed by atoms with E-state index in [1.807, 2.05) is 49.3 Å². The highest BCUT2D eigenvalue weighted by molar-refractivity contribution is 6.21. The molecule has 0 bridgehead atoms. The second-order valence-electron chi connectivity index (χ2n) is 6.15. The third kappa shape index (κ3) is 4.00. The van der Waals surface area contributed by atoms with Gasteiger partial charge in [0.15, 0.2) is 5.84 Å². The highest BCUT2D eigenvalue weighted by Gasteiger charge is 2.38. The summed E-state index contributed by atoms with van der Waals surface area (Å²) in [5.74, 6) is -0.552. The molecule has 138 valence electrons. The van der Waals surface area contributed by atoms with Crippen LogP contribution in [-0.2, 0) is 9.59 Å². The second-order valence-corrected chi connectivity index (χ2v) is 6.15.